The number of hydrogen-bond donors (Lipinski definition) is 2. The maximum Gasteiger partial charge on any atom is 0.527 e. The van der Waals surface area contributed by atoms with E-state index in [-0.39, 0.29) is 63.3 Å². The van der Waals surface area contributed by atoms with E-state index in [1.54, 1.807) is 38.7 Å². The lowest BCUT2D eigenvalue weighted by Gasteiger charge is -2.35. The highest BCUT2D eigenvalue weighted by atomic mass is 16.8. The minimum Gasteiger partial charge on any atom is -0.460 e. The molecular formula is C33H45N5O8. The molecule has 13 nitrogen and oxygen atoms in total. The first-order valence-electron chi connectivity index (χ1n) is 15.8. The number of aliphatic hydroxyl groups is 1. The van der Waals surface area contributed by atoms with Crippen LogP contribution in [0.1, 0.15) is 63.9 Å². The van der Waals surface area contributed by atoms with Gasteiger partial charge in [-0.25, -0.2) is 9.78 Å². The lowest BCUT2D eigenvalue weighted by molar-refractivity contribution is -0.158. The fourth-order valence-electron chi connectivity index (χ4n) is 5.31. The van der Waals surface area contributed by atoms with Crippen LogP contribution in [0.25, 0.3) is 11.3 Å². The van der Waals surface area contributed by atoms with Crippen LogP contribution in [-0.4, -0.2) is 108 Å². The van der Waals surface area contributed by atoms with E-state index in [0.717, 1.165) is 11.3 Å². The summed E-state index contributed by atoms with van der Waals surface area (Å²) in [5.74, 6) is -1.40. The largest absolute Gasteiger partial charge is 0.527 e. The second-order valence-corrected chi connectivity index (χ2v) is 12.4. The highest BCUT2D eigenvalue weighted by Crippen LogP contribution is 2.27. The first kappa shape index (κ1) is 34.6. The standard InChI is InChI=1S/C33H45N5O8/c1-5-44-32(43)46-38-19-17-37(18-20-38)31(42)26(11-12-29(40)45-33(2,3)4)35-30(41)28-22-24(36-15-13-25(39)14-16-36)21-27(34-28)23-9-7-6-8-10-23/h6-10,21-22,25-26,39H,5,11-20H2,1-4H3,(H,35,41)/t26-/m0/s1. The van der Waals surface area contributed by atoms with Crippen LogP contribution in [0.3, 0.4) is 0 Å². The van der Waals surface area contributed by atoms with Crippen LogP contribution in [0, 0.1) is 0 Å². The van der Waals surface area contributed by atoms with E-state index >= 15 is 0 Å². The van der Waals surface area contributed by atoms with Crippen LogP contribution in [0.2, 0.25) is 0 Å². The van der Waals surface area contributed by atoms with Gasteiger partial charge < -0.3 is 34.5 Å². The highest BCUT2D eigenvalue weighted by Gasteiger charge is 2.32. The van der Waals surface area contributed by atoms with Gasteiger partial charge in [0.25, 0.3) is 5.91 Å². The van der Waals surface area contributed by atoms with Crippen LogP contribution >= 0.6 is 0 Å². The van der Waals surface area contributed by atoms with Gasteiger partial charge in [-0.1, -0.05) is 30.3 Å². The van der Waals surface area contributed by atoms with Crippen LogP contribution in [-0.2, 0) is 23.9 Å². The quantitative estimate of drug-likeness (QED) is 0.369. The summed E-state index contributed by atoms with van der Waals surface area (Å²) in [5, 5.41) is 14.3. The monoisotopic (exact) mass is 639 g/mol. The van der Waals surface area contributed by atoms with Crippen molar-refractivity contribution in [1.82, 2.24) is 20.3 Å². The third kappa shape index (κ3) is 10.1. The van der Waals surface area contributed by atoms with Crippen LogP contribution < -0.4 is 10.2 Å². The van der Waals surface area contributed by atoms with Gasteiger partial charge in [0.05, 0.1) is 31.5 Å². The zero-order valence-corrected chi connectivity index (χ0v) is 27.1. The summed E-state index contributed by atoms with van der Waals surface area (Å²) in [6.07, 6.45) is 0.000613. The molecule has 1 aromatic carbocycles. The Morgan fingerprint density at radius 1 is 1.00 bits per heavy atom. The van der Waals surface area contributed by atoms with Gasteiger partial charge in [-0.2, -0.15) is 0 Å². The average Bonchev–Trinajstić information content (AvgIpc) is 3.03. The highest BCUT2D eigenvalue weighted by molar-refractivity contribution is 5.97. The van der Waals surface area contributed by atoms with E-state index in [9.17, 15) is 24.3 Å². The molecule has 0 aliphatic carbocycles. The lowest BCUT2D eigenvalue weighted by atomic mass is 10.1. The summed E-state index contributed by atoms with van der Waals surface area (Å²) in [5.41, 5.74) is 1.66. The molecule has 2 aliphatic rings. The molecule has 0 radical (unpaired) electrons. The Bertz CT molecular complexity index is 1350. The summed E-state index contributed by atoms with van der Waals surface area (Å²) in [7, 11) is 0. The molecule has 13 heteroatoms. The van der Waals surface area contributed by atoms with Crippen molar-refractivity contribution in [2.45, 2.75) is 71.1 Å². The summed E-state index contributed by atoms with van der Waals surface area (Å²) in [6.45, 7) is 9.40. The van der Waals surface area contributed by atoms with Gasteiger partial charge in [0.15, 0.2) is 0 Å². The number of aromatic nitrogens is 1. The third-order valence-corrected chi connectivity index (χ3v) is 7.62. The number of carbonyl (C=O) groups is 4. The molecule has 1 atom stereocenters. The predicted octanol–water partition coefficient (Wildman–Crippen LogP) is 3.16. The first-order valence-corrected chi connectivity index (χ1v) is 15.8. The van der Waals surface area contributed by atoms with E-state index < -0.39 is 29.7 Å². The number of aliphatic hydroxyl groups excluding tert-OH is 1. The zero-order chi connectivity index (χ0) is 33.3. The Kier molecular flexibility index (Phi) is 11.9. The van der Waals surface area contributed by atoms with Crippen molar-refractivity contribution in [2.75, 3.05) is 50.8 Å². The number of ether oxygens (including phenoxy) is 2. The third-order valence-electron chi connectivity index (χ3n) is 7.62. The number of pyridine rings is 1. The number of anilines is 1. The molecular weight excluding hydrogens is 594 g/mol. The van der Waals surface area contributed by atoms with E-state index in [1.807, 2.05) is 36.4 Å². The summed E-state index contributed by atoms with van der Waals surface area (Å²) >= 11 is 0. The number of amides is 2. The van der Waals surface area contributed by atoms with Gasteiger partial charge in [-0.05, 0) is 59.1 Å². The van der Waals surface area contributed by atoms with Crippen molar-refractivity contribution in [1.29, 1.82) is 0 Å². The van der Waals surface area contributed by atoms with Crippen LogP contribution in [0.4, 0.5) is 10.5 Å². The Morgan fingerprint density at radius 3 is 2.30 bits per heavy atom. The Morgan fingerprint density at radius 2 is 1.67 bits per heavy atom. The van der Waals surface area contributed by atoms with Gasteiger partial charge in [0.2, 0.25) is 5.91 Å². The second-order valence-electron chi connectivity index (χ2n) is 12.4. The fourth-order valence-corrected chi connectivity index (χ4v) is 5.31. The Balaban J connectivity index is 1.54. The molecule has 2 fully saturated rings. The van der Waals surface area contributed by atoms with Crippen molar-refractivity contribution in [3.8, 4) is 11.3 Å². The molecule has 0 saturated carbocycles. The van der Waals surface area contributed by atoms with Crippen molar-refractivity contribution < 1.29 is 38.6 Å². The van der Waals surface area contributed by atoms with Crippen LogP contribution in [0.5, 0.6) is 0 Å². The number of piperazine rings is 1. The smallest absolute Gasteiger partial charge is 0.460 e. The minimum absolute atomic E-state index is 0.0221. The van der Waals surface area contributed by atoms with Gasteiger partial charge in [0.1, 0.15) is 17.3 Å². The molecule has 2 aliphatic heterocycles. The molecule has 0 bridgehead atoms. The van der Waals surface area contributed by atoms with Gasteiger partial charge in [0, 0.05) is 43.9 Å². The Labute approximate surface area is 269 Å². The number of rotatable bonds is 10. The zero-order valence-electron chi connectivity index (χ0n) is 27.1. The first-order chi connectivity index (χ1) is 21.9. The van der Waals surface area contributed by atoms with Gasteiger partial charge >= 0.3 is 12.1 Å². The normalized spacial score (nSPS) is 16.8. The van der Waals surface area contributed by atoms with Crippen molar-refractivity contribution in [3.05, 3.63) is 48.2 Å². The minimum atomic E-state index is -1.03. The lowest BCUT2D eigenvalue weighted by Crippen LogP contribution is -2.55. The topological polar surface area (TPSA) is 151 Å². The fraction of sp³-hybridized carbons (Fsp3) is 0.545. The summed E-state index contributed by atoms with van der Waals surface area (Å²) in [4.78, 5) is 65.4. The molecule has 4 rings (SSSR count). The SMILES string of the molecule is CCOC(=O)ON1CCN(C(=O)[C@H](CCC(=O)OC(C)(C)C)NC(=O)c2cc(N3CCC(O)CC3)cc(-c3ccccc3)n2)CC1. The summed E-state index contributed by atoms with van der Waals surface area (Å²) < 4.78 is 10.3. The molecule has 1 aromatic heterocycles. The molecule has 2 aromatic rings. The number of carbonyl (C=O) groups excluding carboxylic acids is 4. The second kappa shape index (κ2) is 15.9. The van der Waals surface area contributed by atoms with E-state index in [0.29, 0.717) is 31.6 Å². The van der Waals surface area contributed by atoms with E-state index in [2.05, 4.69) is 15.2 Å². The molecule has 2 amide bonds. The van der Waals surface area contributed by atoms with Gasteiger partial charge in [-0.3, -0.25) is 14.4 Å². The van der Waals surface area contributed by atoms with Crippen molar-refractivity contribution >= 4 is 29.6 Å². The molecule has 2 saturated heterocycles. The van der Waals surface area contributed by atoms with Crippen molar-refractivity contribution in [3.63, 3.8) is 0 Å². The Hall–Kier alpha value is -4.23. The number of nitrogens with one attached hydrogen (secondary N) is 1. The van der Waals surface area contributed by atoms with Gasteiger partial charge in [-0.15, -0.1) is 5.06 Å². The maximum absolute atomic E-state index is 13.8. The molecule has 46 heavy (non-hydrogen) atoms. The number of hydrogen-bond acceptors (Lipinski definition) is 11. The molecule has 0 unspecified atom stereocenters. The predicted molar refractivity (Wildman–Crippen MR) is 170 cm³/mol. The molecule has 0 spiro atoms. The number of piperidine rings is 1. The van der Waals surface area contributed by atoms with Crippen LogP contribution in [0.15, 0.2) is 42.5 Å². The number of nitrogens with zero attached hydrogens (tertiary/aromatic N) is 4. The molecule has 3 heterocycles. The number of esters is 1. The van der Waals surface area contributed by atoms with E-state index in [4.69, 9.17) is 14.3 Å². The summed E-state index contributed by atoms with van der Waals surface area (Å²) in [6, 6.07) is 12.1. The number of hydroxylamine groups is 2. The van der Waals surface area contributed by atoms with E-state index in [1.165, 1.54) is 5.06 Å². The maximum atomic E-state index is 13.8. The number of benzene rings is 1. The van der Waals surface area contributed by atoms with Crippen molar-refractivity contribution in [2.24, 2.45) is 0 Å². The average molecular weight is 640 g/mol. The molecule has 2 N–H and O–H groups in total. The molecule has 250 valence electrons.